The Labute approximate surface area is 167 Å². The van der Waals surface area contributed by atoms with Crippen LogP contribution < -0.4 is 10.0 Å². The zero-order chi connectivity index (χ0) is 21.2. The van der Waals surface area contributed by atoms with E-state index >= 15 is 0 Å². The largest absolute Gasteiger partial charge is 0.322 e. The predicted octanol–water partition coefficient (Wildman–Crippen LogP) is 4.63. The Morgan fingerprint density at radius 2 is 1.38 bits per heavy atom. The van der Waals surface area contributed by atoms with Gasteiger partial charge in [-0.25, -0.2) is 17.2 Å². The third kappa shape index (κ3) is 4.97. The third-order valence-electron chi connectivity index (χ3n) is 4.08. The summed E-state index contributed by atoms with van der Waals surface area (Å²) >= 11 is 0. The third-order valence-corrected chi connectivity index (χ3v) is 5.46. The van der Waals surface area contributed by atoms with Crippen molar-refractivity contribution in [2.24, 2.45) is 0 Å². The molecule has 1 amide bonds. The first-order chi connectivity index (χ1) is 13.6. The summed E-state index contributed by atoms with van der Waals surface area (Å²) in [4.78, 5) is 12.0. The first-order valence-electron chi connectivity index (χ1n) is 8.62. The zero-order valence-electron chi connectivity index (χ0n) is 15.7. The van der Waals surface area contributed by atoms with Gasteiger partial charge in [0, 0.05) is 16.9 Å². The van der Waals surface area contributed by atoms with Gasteiger partial charge in [0.05, 0.1) is 4.90 Å². The Bertz CT molecular complexity index is 1160. The van der Waals surface area contributed by atoms with Crippen LogP contribution in [0.3, 0.4) is 0 Å². The molecular weight excluding hydrogens is 398 g/mol. The number of hydrogen-bond acceptors (Lipinski definition) is 3. The maximum Gasteiger partial charge on any atom is 0.261 e. The summed E-state index contributed by atoms with van der Waals surface area (Å²) < 4.78 is 53.2. The highest BCUT2D eigenvalue weighted by Crippen LogP contribution is 2.20. The fraction of sp³-hybridized carbons (Fsp3) is 0.0952. The van der Waals surface area contributed by atoms with Crippen molar-refractivity contribution in [1.82, 2.24) is 0 Å². The lowest BCUT2D eigenvalue weighted by atomic mass is 10.1. The number of carbonyl (C=O) groups excluding carboxylic acids is 1. The molecule has 0 fully saturated rings. The molecule has 29 heavy (non-hydrogen) atoms. The summed E-state index contributed by atoms with van der Waals surface area (Å²) in [5.74, 6) is -2.67. The van der Waals surface area contributed by atoms with Crippen LogP contribution in [-0.2, 0) is 10.0 Å². The van der Waals surface area contributed by atoms with Crippen LogP contribution in [0.1, 0.15) is 21.5 Å². The Hall–Kier alpha value is -3.26. The van der Waals surface area contributed by atoms with Crippen LogP contribution in [0, 0.1) is 25.5 Å². The molecule has 0 aliphatic heterocycles. The van der Waals surface area contributed by atoms with Gasteiger partial charge in [0.15, 0.2) is 11.6 Å². The van der Waals surface area contributed by atoms with Gasteiger partial charge in [-0.2, -0.15) is 0 Å². The molecule has 8 heteroatoms. The zero-order valence-corrected chi connectivity index (χ0v) is 16.5. The van der Waals surface area contributed by atoms with Crippen LogP contribution >= 0.6 is 0 Å². The van der Waals surface area contributed by atoms with Crippen LogP contribution in [0.5, 0.6) is 0 Å². The summed E-state index contributed by atoms with van der Waals surface area (Å²) in [6, 6.07) is 13.8. The maximum absolute atomic E-state index is 13.3. The van der Waals surface area contributed by atoms with Crippen molar-refractivity contribution < 1.29 is 22.0 Å². The van der Waals surface area contributed by atoms with Gasteiger partial charge < -0.3 is 5.32 Å². The minimum atomic E-state index is -4.09. The fourth-order valence-corrected chi connectivity index (χ4v) is 3.86. The summed E-state index contributed by atoms with van der Waals surface area (Å²) in [5, 5.41) is 2.74. The second-order valence-corrected chi connectivity index (χ2v) is 8.27. The number of nitrogens with one attached hydrogen (secondary N) is 2. The number of sulfonamides is 1. The number of hydrogen-bond donors (Lipinski definition) is 2. The molecule has 0 aliphatic rings. The maximum atomic E-state index is 13.3. The lowest BCUT2D eigenvalue weighted by molar-refractivity contribution is 0.102. The summed E-state index contributed by atoms with van der Waals surface area (Å²) in [6.07, 6.45) is 0. The van der Waals surface area contributed by atoms with E-state index in [1.807, 2.05) is 19.9 Å². The van der Waals surface area contributed by atoms with Crippen molar-refractivity contribution in [3.8, 4) is 0 Å². The summed E-state index contributed by atoms with van der Waals surface area (Å²) in [7, 11) is -4.09. The molecule has 0 unspecified atom stereocenters. The molecule has 0 aliphatic carbocycles. The average Bonchev–Trinajstić information content (AvgIpc) is 2.64. The van der Waals surface area contributed by atoms with Crippen LogP contribution in [0.25, 0.3) is 0 Å². The summed E-state index contributed by atoms with van der Waals surface area (Å²) in [5.41, 5.74) is 3.14. The van der Waals surface area contributed by atoms with Gasteiger partial charge in [0.2, 0.25) is 0 Å². The van der Waals surface area contributed by atoms with E-state index in [0.717, 1.165) is 23.3 Å². The average molecular weight is 416 g/mol. The number of rotatable bonds is 5. The van der Waals surface area contributed by atoms with Gasteiger partial charge in [-0.15, -0.1) is 0 Å². The molecule has 0 heterocycles. The highest BCUT2D eigenvalue weighted by atomic mass is 32.2. The van der Waals surface area contributed by atoms with E-state index in [-0.39, 0.29) is 11.6 Å². The minimum absolute atomic E-state index is 0.208. The fourth-order valence-electron chi connectivity index (χ4n) is 2.79. The van der Waals surface area contributed by atoms with Crippen LogP contribution in [-0.4, -0.2) is 14.3 Å². The van der Waals surface area contributed by atoms with Crippen molar-refractivity contribution in [3.63, 3.8) is 0 Å². The van der Waals surface area contributed by atoms with Crippen molar-refractivity contribution in [2.45, 2.75) is 18.7 Å². The molecule has 0 saturated heterocycles. The first kappa shape index (κ1) is 20.5. The SMILES string of the molecule is Cc1cc(C)cc(C(=O)Nc2ccc(NS(=O)(=O)c3ccc(F)c(F)c3)cc2)c1. The highest BCUT2D eigenvalue weighted by molar-refractivity contribution is 7.92. The van der Waals surface area contributed by atoms with E-state index in [4.69, 9.17) is 0 Å². The van der Waals surface area contributed by atoms with Crippen molar-refractivity contribution in [3.05, 3.63) is 89.0 Å². The Morgan fingerprint density at radius 3 is 1.97 bits per heavy atom. The molecule has 2 N–H and O–H groups in total. The molecule has 5 nitrogen and oxygen atoms in total. The highest BCUT2D eigenvalue weighted by Gasteiger charge is 2.17. The standard InChI is InChI=1S/C21H18F2N2O3S/c1-13-9-14(2)11-15(10-13)21(26)24-16-3-5-17(6-4-16)25-29(27,28)18-7-8-19(22)20(23)12-18/h3-12,25H,1-2H3,(H,24,26). The van der Waals surface area contributed by atoms with Gasteiger partial charge in [-0.1, -0.05) is 17.2 Å². The number of aryl methyl sites for hydroxylation is 2. The first-order valence-corrected chi connectivity index (χ1v) is 10.1. The van der Waals surface area contributed by atoms with Gasteiger partial charge in [-0.3, -0.25) is 9.52 Å². The van der Waals surface area contributed by atoms with E-state index in [1.54, 1.807) is 12.1 Å². The number of amides is 1. The number of halogens is 2. The Morgan fingerprint density at radius 1 is 0.793 bits per heavy atom. The van der Waals surface area contributed by atoms with E-state index in [9.17, 15) is 22.0 Å². The molecule has 0 radical (unpaired) electrons. The van der Waals surface area contributed by atoms with Gasteiger partial charge in [-0.05, 0) is 68.4 Å². The van der Waals surface area contributed by atoms with Crippen LogP contribution in [0.2, 0.25) is 0 Å². The Balaban J connectivity index is 1.72. The molecule has 3 aromatic rings. The second kappa shape index (κ2) is 8.00. The summed E-state index contributed by atoms with van der Waals surface area (Å²) in [6.45, 7) is 3.80. The minimum Gasteiger partial charge on any atom is -0.322 e. The van der Waals surface area contributed by atoms with Crippen molar-refractivity contribution >= 4 is 27.3 Å². The molecule has 3 rings (SSSR count). The van der Waals surface area contributed by atoms with Crippen molar-refractivity contribution in [1.29, 1.82) is 0 Å². The lowest BCUT2D eigenvalue weighted by Gasteiger charge is -2.10. The van der Waals surface area contributed by atoms with E-state index in [1.165, 1.54) is 24.3 Å². The molecular formula is C21H18F2N2O3S. The van der Waals surface area contributed by atoms with E-state index < -0.39 is 26.6 Å². The topological polar surface area (TPSA) is 75.3 Å². The Kier molecular flexibility index (Phi) is 5.65. The lowest BCUT2D eigenvalue weighted by Crippen LogP contribution is -2.14. The quantitative estimate of drug-likeness (QED) is 0.637. The molecule has 0 spiro atoms. The predicted molar refractivity (Wildman–Crippen MR) is 107 cm³/mol. The van der Waals surface area contributed by atoms with Crippen molar-refractivity contribution in [2.75, 3.05) is 10.0 Å². The molecule has 0 saturated carbocycles. The second-order valence-electron chi connectivity index (χ2n) is 6.59. The van der Waals surface area contributed by atoms with E-state index in [0.29, 0.717) is 17.3 Å². The molecule has 3 aromatic carbocycles. The number of benzene rings is 3. The monoisotopic (exact) mass is 416 g/mol. The molecule has 0 bridgehead atoms. The van der Waals surface area contributed by atoms with Gasteiger partial charge in [0.25, 0.3) is 15.9 Å². The van der Waals surface area contributed by atoms with Gasteiger partial charge >= 0.3 is 0 Å². The van der Waals surface area contributed by atoms with Gasteiger partial charge in [0.1, 0.15) is 0 Å². The molecule has 0 aromatic heterocycles. The number of anilines is 2. The molecule has 150 valence electrons. The van der Waals surface area contributed by atoms with Crippen LogP contribution in [0.4, 0.5) is 20.2 Å². The number of carbonyl (C=O) groups is 1. The van der Waals surface area contributed by atoms with E-state index in [2.05, 4.69) is 10.0 Å². The van der Waals surface area contributed by atoms with Crippen LogP contribution in [0.15, 0.2) is 65.6 Å². The molecule has 0 atom stereocenters. The smallest absolute Gasteiger partial charge is 0.261 e. The normalized spacial score (nSPS) is 11.2.